The van der Waals surface area contributed by atoms with E-state index < -0.39 is 11.7 Å². The van der Waals surface area contributed by atoms with Gasteiger partial charge in [-0.2, -0.15) is 0 Å². The maximum absolute atomic E-state index is 13.7. The van der Waals surface area contributed by atoms with Gasteiger partial charge in [-0.15, -0.1) is 0 Å². The Kier molecular flexibility index (Phi) is 3.31. The van der Waals surface area contributed by atoms with Crippen molar-refractivity contribution in [3.05, 3.63) is 41.2 Å². The number of methoxy groups -OCH3 is 1. The molecule has 0 fully saturated rings. The summed E-state index contributed by atoms with van der Waals surface area (Å²) in [5.41, 5.74) is -0.852. The van der Waals surface area contributed by atoms with E-state index in [9.17, 15) is 4.39 Å². The molecule has 0 bridgehead atoms. The van der Waals surface area contributed by atoms with Gasteiger partial charge >= 0.3 is 0 Å². The summed E-state index contributed by atoms with van der Waals surface area (Å²) in [7, 11) is 1.57. The molecule has 1 unspecified atom stereocenters. The van der Waals surface area contributed by atoms with Crippen LogP contribution in [-0.4, -0.2) is 12.8 Å². The van der Waals surface area contributed by atoms with Crippen molar-refractivity contribution in [3.8, 4) is 5.75 Å². The molecule has 2 nitrogen and oxygen atoms in total. The maximum Gasteiger partial charge on any atom is 0.281 e. The first kappa shape index (κ1) is 11.5. The first-order valence-electron chi connectivity index (χ1n) is 4.68. The molecule has 3 heteroatoms. The lowest BCUT2D eigenvalue weighted by Gasteiger charge is -2.16. The molecule has 0 heterocycles. The van der Waals surface area contributed by atoms with Gasteiger partial charge in [-0.1, -0.05) is 0 Å². The van der Waals surface area contributed by atoms with Crippen LogP contribution in [0.3, 0.4) is 0 Å². The monoisotopic (exact) mass is 207 g/mol. The van der Waals surface area contributed by atoms with Crippen molar-refractivity contribution in [1.82, 2.24) is 0 Å². The molecule has 0 amide bonds. The minimum Gasteiger partial charge on any atom is -0.497 e. The summed E-state index contributed by atoms with van der Waals surface area (Å²) in [6.07, 6.45) is 0. The molecule has 0 aliphatic rings. The smallest absolute Gasteiger partial charge is 0.281 e. The van der Waals surface area contributed by atoms with Gasteiger partial charge in [-0.05, 0) is 38.1 Å². The summed E-state index contributed by atoms with van der Waals surface area (Å²) in [6, 6.07) is 6.16. The van der Waals surface area contributed by atoms with Gasteiger partial charge in [-0.3, -0.25) is 0 Å². The van der Waals surface area contributed by atoms with E-state index in [0.717, 1.165) is 0 Å². The first-order valence-corrected chi connectivity index (χ1v) is 4.68. The van der Waals surface area contributed by atoms with Crippen molar-refractivity contribution in [3.63, 3.8) is 0 Å². The summed E-state index contributed by atoms with van der Waals surface area (Å²) < 4.78 is 18.7. The molecular weight excluding hydrogens is 193 g/mol. The average Bonchev–Trinajstić information content (AvgIpc) is 2.18. The van der Waals surface area contributed by atoms with Gasteiger partial charge in [0.25, 0.3) is 6.04 Å². The van der Waals surface area contributed by atoms with Crippen molar-refractivity contribution in [2.24, 2.45) is 0 Å². The third kappa shape index (κ3) is 2.69. The molecular formula is C12H14FNO. The minimum absolute atomic E-state index is 0.679. The number of ether oxygens (including phenoxy) is 1. The highest BCUT2D eigenvalue weighted by Crippen LogP contribution is 2.33. The SMILES string of the molecule is [C-]#[N+]C(c1ccc(OC)cc1)C(C)(C)F. The summed E-state index contributed by atoms with van der Waals surface area (Å²) in [4.78, 5) is 3.32. The number of benzene rings is 1. The highest BCUT2D eigenvalue weighted by molar-refractivity contribution is 5.31. The molecule has 0 saturated carbocycles. The lowest BCUT2D eigenvalue weighted by atomic mass is 9.94. The Morgan fingerprint density at radius 2 is 1.87 bits per heavy atom. The van der Waals surface area contributed by atoms with Crippen LogP contribution in [0, 0.1) is 6.57 Å². The van der Waals surface area contributed by atoms with Crippen LogP contribution in [0.25, 0.3) is 4.85 Å². The van der Waals surface area contributed by atoms with Crippen LogP contribution in [0.4, 0.5) is 4.39 Å². The van der Waals surface area contributed by atoms with E-state index >= 15 is 0 Å². The quantitative estimate of drug-likeness (QED) is 0.692. The Morgan fingerprint density at radius 3 is 2.20 bits per heavy atom. The highest BCUT2D eigenvalue weighted by atomic mass is 19.1. The second kappa shape index (κ2) is 4.31. The van der Waals surface area contributed by atoms with E-state index in [-0.39, 0.29) is 0 Å². The van der Waals surface area contributed by atoms with Gasteiger partial charge < -0.3 is 9.58 Å². The fourth-order valence-electron chi connectivity index (χ4n) is 1.41. The third-order valence-electron chi connectivity index (χ3n) is 2.21. The molecule has 0 aromatic heterocycles. The standard InChI is InChI=1S/C12H14FNO/c1-12(2,13)11(14-3)9-5-7-10(15-4)8-6-9/h5-8,11H,1-2,4H3. The van der Waals surface area contributed by atoms with Crippen LogP contribution in [0.2, 0.25) is 0 Å². The zero-order valence-corrected chi connectivity index (χ0v) is 9.12. The summed E-state index contributed by atoms with van der Waals surface area (Å²) in [6.45, 7) is 9.84. The lowest BCUT2D eigenvalue weighted by Crippen LogP contribution is -2.20. The Balaban J connectivity index is 3.00. The Morgan fingerprint density at radius 1 is 1.33 bits per heavy atom. The van der Waals surface area contributed by atoms with E-state index in [1.807, 2.05) is 0 Å². The van der Waals surface area contributed by atoms with E-state index in [0.29, 0.717) is 11.3 Å². The predicted octanol–water partition coefficient (Wildman–Crippen LogP) is 3.40. The predicted molar refractivity (Wildman–Crippen MR) is 57.5 cm³/mol. The normalized spacial score (nSPS) is 13.0. The zero-order chi connectivity index (χ0) is 11.5. The number of hydrogen-bond donors (Lipinski definition) is 0. The molecule has 15 heavy (non-hydrogen) atoms. The van der Waals surface area contributed by atoms with Gasteiger partial charge in [0.15, 0.2) is 5.67 Å². The van der Waals surface area contributed by atoms with Crippen LogP contribution in [0.5, 0.6) is 5.75 Å². The largest absolute Gasteiger partial charge is 0.497 e. The fraction of sp³-hybridized carbons (Fsp3) is 0.417. The van der Waals surface area contributed by atoms with Gasteiger partial charge in [0.05, 0.1) is 7.11 Å². The van der Waals surface area contributed by atoms with Gasteiger partial charge in [0, 0.05) is 5.56 Å². The summed E-state index contributed by atoms with van der Waals surface area (Å²) >= 11 is 0. The number of alkyl halides is 1. The second-order valence-electron chi connectivity index (χ2n) is 3.87. The number of nitrogens with zero attached hydrogens (tertiary/aromatic N) is 1. The Labute approximate surface area is 89.5 Å². The molecule has 0 N–H and O–H groups in total. The van der Waals surface area contributed by atoms with E-state index in [4.69, 9.17) is 11.3 Å². The summed E-state index contributed by atoms with van der Waals surface area (Å²) in [5.74, 6) is 0.708. The van der Waals surface area contributed by atoms with E-state index in [1.54, 1.807) is 31.4 Å². The van der Waals surface area contributed by atoms with E-state index in [2.05, 4.69) is 4.85 Å². The van der Waals surface area contributed by atoms with Crippen molar-refractivity contribution in [1.29, 1.82) is 0 Å². The maximum atomic E-state index is 13.7. The third-order valence-corrected chi connectivity index (χ3v) is 2.21. The van der Waals surface area contributed by atoms with Crippen LogP contribution >= 0.6 is 0 Å². The van der Waals surface area contributed by atoms with Gasteiger partial charge in [0.1, 0.15) is 5.75 Å². The van der Waals surface area contributed by atoms with Crippen molar-refractivity contribution in [2.45, 2.75) is 25.6 Å². The van der Waals surface area contributed by atoms with Crippen molar-refractivity contribution < 1.29 is 9.13 Å². The fourth-order valence-corrected chi connectivity index (χ4v) is 1.41. The van der Waals surface area contributed by atoms with Crippen LogP contribution in [0.1, 0.15) is 25.5 Å². The summed E-state index contributed by atoms with van der Waals surface area (Å²) in [5, 5.41) is 0. The molecule has 1 atom stereocenters. The minimum atomic E-state index is -1.53. The first-order chi connectivity index (χ1) is 6.99. The van der Waals surface area contributed by atoms with Gasteiger partial charge in [-0.25, -0.2) is 11.0 Å². The number of rotatable bonds is 3. The zero-order valence-electron chi connectivity index (χ0n) is 9.12. The van der Waals surface area contributed by atoms with E-state index in [1.165, 1.54) is 13.8 Å². The molecule has 0 spiro atoms. The molecule has 0 radical (unpaired) electrons. The lowest BCUT2D eigenvalue weighted by molar-refractivity contribution is 0.193. The average molecular weight is 207 g/mol. The molecule has 0 aliphatic heterocycles. The van der Waals surface area contributed by atoms with Crippen molar-refractivity contribution in [2.75, 3.05) is 7.11 Å². The van der Waals surface area contributed by atoms with Crippen LogP contribution in [0.15, 0.2) is 24.3 Å². The molecule has 1 aromatic rings. The molecule has 0 saturated heterocycles. The van der Waals surface area contributed by atoms with Crippen molar-refractivity contribution >= 4 is 0 Å². The van der Waals surface area contributed by atoms with Crippen LogP contribution in [-0.2, 0) is 0 Å². The number of halogens is 1. The van der Waals surface area contributed by atoms with Gasteiger partial charge in [0.2, 0.25) is 0 Å². The Hall–Kier alpha value is -1.56. The molecule has 1 aromatic carbocycles. The molecule has 1 rings (SSSR count). The highest BCUT2D eigenvalue weighted by Gasteiger charge is 2.36. The van der Waals surface area contributed by atoms with Crippen LogP contribution < -0.4 is 4.74 Å². The number of hydrogen-bond acceptors (Lipinski definition) is 1. The Bertz CT molecular complexity index is 359. The topological polar surface area (TPSA) is 13.6 Å². The molecule has 80 valence electrons. The molecule has 0 aliphatic carbocycles. The second-order valence-corrected chi connectivity index (χ2v) is 3.87.